The summed E-state index contributed by atoms with van der Waals surface area (Å²) in [5.74, 6) is 0. The molecule has 1 N–H and O–H groups in total. The summed E-state index contributed by atoms with van der Waals surface area (Å²) in [7, 11) is 0. The summed E-state index contributed by atoms with van der Waals surface area (Å²) in [6, 6.07) is 6.39. The number of rotatable bonds is 3. The lowest BCUT2D eigenvalue weighted by Gasteiger charge is -2.35. The lowest BCUT2D eigenvalue weighted by Crippen LogP contribution is -2.46. The maximum absolute atomic E-state index is 4.73. The molecule has 6 heteroatoms. The van der Waals surface area contributed by atoms with Gasteiger partial charge < -0.3 is 10.2 Å². The van der Waals surface area contributed by atoms with Crippen LogP contribution >= 0.6 is 0 Å². The highest BCUT2D eigenvalue weighted by Gasteiger charge is 2.19. The lowest BCUT2D eigenvalue weighted by atomic mass is 10.2. The fourth-order valence-electron chi connectivity index (χ4n) is 3.26. The van der Waals surface area contributed by atoms with Gasteiger partial charge in [-0.1, -0.05) is 0 Å². The molecule has 0 atom stereocenters. The van der Waals surface area contributed by atoms with Crippen LogP contribution < -0.4 is 10.2 Å². The highest BCUT2D eigenvalue weighted by molar-refractivity contribution is 5.44. The minimum absolute atomic E-state index is 0.946. The van der Waals surface area contributed by atoms with Crippen molar-refractivity contribution in [2.45, 2.75) is 19.6 Å². The predicted molar refractivity (Wildman–Crippen MR) is 85.7 cm³/mol. The lowest BCUT2D eigenvalue weighted by molar-refractivity contribution is 0.246. The molecule has 0 aliphatic carbocycles. The zero-order valence-corrected chi connectivity index (χ0v) is 12.8. The van der Waals surface area contributed by atoms with Crippen LogP contribution in [0.25, 0.3) is 0 Å². The molecular weight excluding hydrogens is 276 g/mol. The van der Waals surface area contributed by atoms with Crippen LogP contribution in [-0.4, -0.2) is 52.4 Å². The second kappa shape index (κ2) is 6.06. The molecular formula is C16H22N6. The molecule has 0 unspecified atom stereocenters. The fraction of sp³-hybridized carbons (Fsp3) is 0.500. The van der Waals surface area contributed by atoms with Gasteiger partial charge in [-0.3, -0.25) is 14.6 Å². The maximum Gasteiger partial charge on any atom is 0.0768 e. The second-order valence-corrected chi connectivity index (χ2v) is 6.00. The largest absolute Gasteiger partial charge is 0.368 e. The van der Waals surface area contributed by atoms with Gasteiger partial charge in [0.25, 0.3) is 0 Å². The molecule has 1 fully saturated rings. The molecule has 22 heavy (non-hydrogen) atoms. The first kappa shape index (κ1) is 13.7. The Balaban J connectivity index is 1.35. The van der Waals surface area contributed by atoms with E-state index < -0.39 is 0 Å². The van der Waals surface area contributed by atoms with E-state index >= 15 is 0 Å². The van der Waals surface area contributed by atoms with Crippen LogP contribution in [-0.2, 0) is 19.6 Å². The summed E-state index contributed by atoms with van der Waals surface area (Å²) in [5.41, 5.74) is 3.74. The predicted octanol–water partition coefficient (Wildman–Crippen LogP) is 0.704. The number of pyridine rings is 1. The Bertz CT molecular complexity index is 591. The summed E-state index contributed by atoms with van der Waals surface area (Å²) in [6.07, 6.45) is 3.78. The van der Waals surface area contributed by atoms with Gasteiger partial charge in [0.15, 0.2) is 0 Å². The minimum Gasteiger partial charge on any atom is -0.368 e. The number of anilines is 1. The molecule has 0 saturated carbocycles. The van der Waals surface area contributed by atoms with E-state index in [2.05, 4.69) is 36.9 Å². The van der Waals surface area contributed by atoms with Crippen LogP contribution in [0.1, 0.15) is 11.4 Å². The van der Waals surface area contributed by atoms with Crippen molar-refractivity contribution in [1.82, 2.24) is 25.0 Å². The summed E-state index contributed by atoms with van der Waals surface area (Å²) in [6.45, 7) is 8.19. The van der Waals surface area contributed by atoms with E-state index in [9.17, 15) is 0 Å². The average molecular weight is 298 g/mol. The molecule has 1 saturated heterocycles. The summed E-state index contributed by atoms with van der Waals surface area (Å²) in [5, 5.41) is 8.13. The molecule has 116 valence electrons. The van der Waals surface area contributed by atoms with Gasteiger partial charge in [-0.25, -0.2) is 0 Å². The Kier molecular flexibility index (Phi) is 3.78. The van der Waals surface area contributed by atoms with Crippen LogP contribution in [0.2, 0.25) is 0 Å². The molecule has 0 bridgehead atoms. The van der Waals surface area contributed by atoms with E-state index in [1.165, 1.54) is 17.1 Å². The summed E-state index contributed by atoms with van der Waals surface area (Å²) < 4.78 is 2.15. The Morgan fingerprint density at radius 3 is 2.82 bits per heavy atom. The van der Waals surface area contributed by atoms with Crippen LogP contribution in [0.15, 0.2) is 30.6 Å². The summed E-state index contributed by atoms with van der Waals surface area (Å²) >= 11 is 0. The number of nitrogens with zero attached hydrogens (tertiary/aromatic N) is 5. The van der Waals surface area contributed by atoms with E-state index in [0.717, 1.165) is 52.4 Å². The van der Waals surface area contributed by atoms with Gasteiger partial charge in [-0.05, 0) is 18.2 Å². The van der Waals surface area contributed by atoms with E-state index in [1.54, 1.807) is 0 Å². The van der Waals surface area contributed by atoms with Crippen molar-refractivity contribution < 1.29 is 0 Å². The molecule has 4 rings (SSSR count). The Hall–Kier alpha value is -1.92. The Morgan fingerprint density at radius 2 is 2.05 bits per heavy atom. The molecule has 0 amide bonds. The number of fused-ring (bicyclic) bond motifs is 1. The van der Waals surface area contributed by atoms with Crippen molar-refractivity contribution >= 4 is 5.69 Å². The van der Waals surface area contributed by atoms with Gasteiger partial charge in [0.1, 0.15) is 0 Å². The number of hydrogen-bond donors (Lipinski definition) is 1. The third kappa shape index (κ3) is 2.84. The number of hydrogen-bond acceptors (Lipinski definition) is 5. The maximum atomic E-state index is 4.73. The third-order valence-electron chi connectivity index (χ3n) is 4.49. The van der Waals surface area contributed by atoms with Crippen LogP contribution in [0.5, 0.6) is 0 Å². The van der Waals surface area contributed by atoms with Gasteiger partial charge in [0, 0.05) is 52.0 Å². The Morgan fingerprint density at radius 1 is 1.14 bits per heavy atom. The highest BCUT2D eigenvalue weighted by Crippen LogP contribution is 2.16. The van der Waals surface area contributed by atoms with E-state index in [1.807, 2.05) is 18.5 Å². The monoisotopic (exact) mass is 298 g/mol. The standard InChI is InChI=1S/C16H22N6/c1-2-15(11-17-3-1)21-8-6-20(7-9-21)13-14-10-16-12-18-4-5-22(16)19-14/h1-3,10-11,18H,4-9,12-13H2. The first-order valence-corrected chi connectivity index (χ1v) is 8.02. The van der Waals surface area contributed by atoms with Crippen LogP contribution in [0, 0.1) is 0 Å². The van der Waals surface area contributed by atoms with Gasteiger partial charge >= 0.3 is 0 Å². The normalized spacial score (nSPS) is 19.2. The average Bonchev–Trinajstić information content (AvgIpc) is 2.98. The topological polar surface area (TPSA) is 49.2 Å². The van der Waals surface area contributed by atoms with E-state index in [-0.39, 0.29) is 0 Å². The first-order chi connectivity index (χ1) is 10.9. The third-order valence-corrected chi connectivity index (χ3v) is 4.49. The minimum atomic E-state index is 0.946. The number of nitrogens with one attached hydrogen (secondary N) is 1. The van der Waals surface area contributed by atoms with Crippen LogP contribution in [0.4, 0.5) is 5.69 Å². The zero-order chi connectivity index (χ0) is 14.8. The van der Waals surface area contributed by atoms with Crippen molar-refractivity contribution in [2.24, 2.45) is 0 Å². The van der Waals surface area contributed by atoms with Crippen LogP contribution in [0.3, 0.4) is 0 Å². The molecule has 2 aliphatic rings. The highest BCUT2D eigenvalue weighted by atomic mass is 15.3. The molecule has 2 aliphatic heterocycles. The summed E-state index contributed by atoms with van der Waals surface area (Å²) in [4.78, 5) is 9.11. The smallest absolute Gasteiger partial charge is 0.0768 e. The van der Waals surface area contributed by atoms with E-state index in [4.69, 9.17) is 5.10 Å². The zero-order valence-electron chi connectivity index (χ0n) is 12.8. The quantitative estimate of drug-likeness (QED) is 0.904. The number of piperazine rings is 1. The molecule has 4 heterocycles. The van der Waals surface area contributed by atoms with Crippen molar-refractivity contribution in [3.63, 3.8) is 0 Å². The second-order valence-electron chi connectivity index (χ2n) is 6.00. The molecule has 0 aromatic carbocycles. The SMILES string of the molecule is c1cncc(N2CCN(Cc3cc4n(n3)CCNC4)CC2)c1. The van der Waals surface area contributed by atoms with Gasteiger partial charge in [-0.2, -0.15) is 5.10 Å². The molecule has 2 aromatic rings. The first-order valence-electron chi connectivity index (χ1n) is 8.02. The van der Waals surface area contributed by atoms with Crippen molar-refractivity contribution in [3.8, 4) is 0 Å². The molecule has 6 nitrogen and oxygen atoms in total. The molecule has 2 aromatic heterocycles. The molecule has 0 radical (unpaired) electrons. The van der Waals surface area contributed by atoms with E-state index in [0.29, 0.717) is 0 Å². The van der Waals surface area contributed by atoms with Gasteiger partial charge in [-0.15, -0.1) is 0 Å². The Labute approximate surface area is 130 Å². The number of aromatic nitrogens is 3. The fourth-order valence-corrected chi connectivity index (χ4v) is 3.26. The van der Waals surface area contributed by atoms with Gasteiger partial charge in [0.2, 0.25) is 0 Å². The van der Waals surface area contributed by atoms with Crippen molar-refractivity contribution in [3.05, 3.63) is 42.0 Å². The van der Waals surface area contributed by atoms with Crippen molar-refractivity contribution in [1.29, 1.82) is 0 Å². The van der Waals surface area contributed by atoms with Gasteiger partial charge in [0.05, 0.1) is 29.8 Å². The van der Waals surface area contributed by atoms with Crippen molar-refractivity contribution in [2.75, 3.05) is 37.6 Å². The molecule has 0 spiro atoms.